The number of hydrogen-bond acceptors (Lipinski definition) is 5. The summed E-state index contributed by atoms with van der Waals surface area (Å²) in [4.78, 5) is 16.7. The molecule has 1 aromatic carbocycles. The Morgan fingerprint density at radius 3 is 2.37 bits per heavy atom. The number of aromatic nitrogens is 1. The summed E-state index contributed by atoms with van der Waals surface area (Å²) in [6, 6.07) is 3.29. The van der Waals surface area contributed by atoms with Crippen molar-refractivity contribution < 1.29 is 9.66 Å². The van der Waals surface area contributed by atoms with Crippen molar-refractivity contribution in [3.05, 3.63) is 49.2 Å². The average molecular weight is 434 g/mol. The molecule has 0 aliphatic carbocycles. The van der Waals surface area contributed by atoms with E-state index in [-0.39, 0.29) is 22.3 Å². The molecule has 2 rings (SSSR count). The molecule has 30 heavy (non-hydrogen) atoms. The predicted molar refractivity (Wildman–Crippen MR) is 123 cm³/mol. The second-order valence-corrected chi connectivity index (χ2v) is 9.67. The zero-order chi connectivity index (χ0) is 22.6. The van der Waals surface area contributed by atoms with E-state index in [2.05, 4.69) is 51.5 Å². The number of rotatable bonds is 8. The Labute approximate surface area is 183 Å². The molecule has 0 radical (unpaired) electrons. The molecule has 0 unspecified atom stereocenters. The fourth-order valence-corrected chi connectivity index (χ4v) is 4.55. The average Bonchev–Trinajstić information content (AvgIpc) is 3.04. The van der Waals surface area contributed by atoms with Crippen LogP contribution in [0.1, 0.15) is 77.3 Å². The van der Waals surface area contributed by atoms with E-state index < -0.39 is 0 Å². The van der Waals surface area contributed by atoms with Gasteiger partial charge < -0.3 is 9.30 Å². The molecule has 0 fully saturated rings. The molecule has 0 spiro atoms. The number of nitrogens with zero attached hydrogens (tertiary/aromatic N) is 3. The maximum absolute atomic E-state index is 11.2. The van der Waals surface area contributed by atoms with E-state index in [1.165, 1.54) is 0 Å². The van der Waals surface area contributed by atoms with Crippen molar-refractivity contribution >= 4 is 22.7 Å². The van der Waals surface area contributed by atoms with E-state index in [4.69, 9.17) is 9.73 Å². The Kier molecular flexibility index (Phi) is 7.99. The number of nitro benzene ring substituents is 1. The lowest BCUT2D eigenvalue weighted by Crippen LogP contribution is -2.27. The topological polar surface area (TPSA) is 69.7 Å². The van der Waals surface area contributed by atoms with Gasteiger partial charge in [0.15, 0.2) is 4.80 Å². The van der Waals surface area contributed by atoms with Gasteiger partial charge in [-0.15, -0.1) is 11.3 Å². The molecule has 6 nitrogen and oxygen atoms in total. The summed E-state index contributed by atoms with van der Waals surface area (Å²) in [6.45, 7) is 17.3. The molecule has 0 N–H and O–H groups in total. The Hall–Kier alpha value is -1.99. The van der Waals surface area contributed by atoms with Crippen LogP contribution in [0.3, 0.4) is 0 Å². The van der Waals surface area contributed by atoms with Gasteiger partial charge in [0.1, 0.15) is 0 Å². The highest BCUT2D eigenvalue weighted by Gasteiger charge is 2.22. The summed E-state index contributed by atoms with van der Waals surface area (Å²) >= 11 is 1.60. The zero-order valence-electron chi connectivity index (χ0n) is 19.5. The van der Waals surface area contributed by atoms with Gasteiger partial charge in [-0.25, -0.2) is 4.99 Å². The number of benzene rings is 1. The van der Waals surface area contributed by atoms with Gasteiger partial charge in [-0.1, -0.05) is 26.7 Å². The third-order valence-corrected chi connectivity index (χ3v) is 6.39. The number of hydrogen-bond donors (Lipinski definition) is 0. The van der Waals surface area contributed by atoms with Gasteiger partial charge in [0.05, 0.1) is 28.0 Å². The van der Waals surface area contributed by atoms with E-state index in [9.17, 15) is 10.1 Å². The smallest absolute Gasteiger partial charge is 0.272 e. The van der Waals surface area contributed by atoms with Crippen molar-refractivity contribution in [2.24, 2.45) is 10.9 Å². The van der Waals surface area contributed by atoms with Gasteiger partial charge in [-0.05, 0) is 59.1 Å². The first-order chi connectivity index (χ1) is 14.0. The van der Waals surface area contributed by atoms with Gasteiger partial charge in [-0.3, -0.25) is 10.1 Å². The lowest BCUT2D eigenvalue weighted by Gasteiger charge is -2.26. The van der Waals surface area contributed by atoms with Crippen molar-refractivity contribution in [3.63, 3.8) is 0 Å². The monoisotopic (exact) mass is 433 g/mol. The normalized spacial score (nSPS) is 13.8. The van der Waals surface area contributed by atoms with E-state index >= 15 is 0 Å². The van der Waals surface area contributed by atoms with Gasteiger partial charge >= 0.3 is 0 Å². The van der Waals surface area contributed by atoms with Gasteiger partial charge in [0.25, 0.3) is 5.69 Å². The molecule has 2 aromatic rings. The van der Waals surface area contributed by atoms with Crippen molar-refractivity contribution in [3.8, 4) is 0 Å². The highest BCUT2D eigenvalue weighted by molar-refractivity contribution is 7.07. The minimum atomic E-state index is -0.339. The maximum Gasteiger partial charge on any atom is 0.272 e. The van der Waals surface area contributed by atoms with Gasteiger partial charge in [-0.2, -0.15) is 0 Å². The lowest BCUT2D eigenvalue weighted by atomic mass is 10.0. The van der Waals surface area contributed by atoms with Crippen LogP contribution in [0.4, 0.5) is 11.4 Å². The second-order valence-electron chi connectivity index (χ2n) is 8.83. The van der Waals surface area contributed by atoms with Crippen molar-refractivity contribution in [1.82, 2.24) is 4.57 Å². The molecule has 1 atom stereocenters. The SMILES string of the molecule is CCC(CC)Cn1c([C@@H](C)OC(C)(C)C)csc1=Nc1ccc([N+](=O)[O-])c(C)c1C. The molecular formula is C23H35N3O3S. The van der Waals surface area contributed by atoms with E-state index in [1.807, 2.05) is 6.92 Å². The third-order valence-electron chi connectivity index (χ3n) is 5.51. The molecular weight excluding hydrogens is 398 g/mol. The Morgan fingerprint density at radius 2 is 1.83 bits per heavy atom. The van der Waals surface area contributed by atoms with Crippen molar-refractivity contribution in [1.29, 1.82) is 0 Å². The Morgan fingerprint density at radius 1 is 1.20 bits per heavy atom. The summed E-state index contributed by atoms with van der Waals surface area (Å²) < 4.78 is 8.50. The quantitative estimate of drug-likeness (QED) is 0.347. The van der Waals surface area contributed by atoms with E-state index in [0.29, 0.717) is 11.5 Å². The highest BCUT2D eigenvalue weighted by atomic mass is 32.1. The Balaban J connectivity index is 2.59. The van der Waals surface area contributed by atoms with Crippen LogP contribution in [0, 0.1) is 29.9 Å². The molecule has 0 saturated heterocycles. The van der Waals surface area contributed by atoms with Crippen molar-refractivity contribution in [2.75, 3.05) is 0 Å². The molecule has 1 heterocycles. The summed E-state index contributed by atoms with van der Waals surface area (Å²) in [5, 5.41) is 13.4. The highest BCUT2D eigenvalue weighted by Crippen LogP contribution is 2.30. The van der Waals surface area contributed by atoms with Crippen LogP contribution in [0.15, 0.2) is 22.5 Å². The summed E-state index contributed by atoms with van der Waals surface area (Å²) in [6.07, 6.45) is 2.14. The van der Waals surface area contributed by atoms with Crippen LogP contribution in [0.25, 0.3) is 0 Å². The minimum absolute atomic E-state index is 0.0562. The van der Waals surface area contributed by atoms with E-state index in [1.54, 1.807) is 30.4 Å². The van der Waals surface area contributed by atoms with Crippen LogP contribution in [0.5, 0.6) is 0 Å². The first-order valence-electron chi connectivity index (χ1n) is 10.6. The fraction of sp³-hybridized carbons (Fsp3) is 0.609. The first-order valence-corrected chi connectivity index (χ1v) is 11.5. The number of ether oxygens (including phenoxy) is 1. The number of nitro groups is 1. The summed E-state index contributed by atoms with van der Waals surface area (Å²) in [7, 11) is 0. The third kappa shape index (κ3) is 5.79. The molecule has 0 bridgehead atoms. The van der Waals surface area contributed by atoms with Crippen LogP contribution >= 0.6 is 11.3 Å². The molecule has 7 heteroatoms. The summed E-state index contributed by atoms with van der Waals surface area (Å²) in [5.41, 5.74) is 3.29. The molecule has 0 aliphatic rings. The maximum atomic E-state index is 11.2. The van der Waals surface area contributed by atoms with Gasteiger partial charge in [0, 0.05) is 23.6 Å². The molecule has 166 valence electrons. The first kappa shape index (κ1) is 24.3. The van der Waals surface area contributed by atoms with Crippen LogP contribution < -0.4 is 4.80 Å². The fourth-order valence-electron chi connectivity index (χ4n) is 3.55. The predicted octanol–water partition coefficient (Wildman–Crippen LogP) is 6.62. The van der Waals surface area contributed by atoms with Crippen molar-refractivity contribution in [2.45, 2.75) is 86.5 Å². The van der Waals surface area contributed by atoms with Crippen LogP contribution in [-0.4, -0.2) is 15.1 Å². The van der Waals surface area contributed by atoms with E-state index in [0.717, 1.165) is 41.1 Å². The molecule has 0 saturated carbocycles. The minimum Gasteiger partial charge on any atom is -0.367 e. The summed E-state index contributed by atoms with van der Waals surface area (Å²) in [5.74, 6) is 0.554. The number of thiazole rings is 1. The Bertz CT molecular complexity index is 950. The standard InChI is InChI=1S/C23H35N3O3S/c1-9-18(10-2)13-25-21(17(5)29-23(6,7)8)14-30-22(25)24-19-11-12-20(26(27)28)16(4)15(19)3/h11-12,14,17-18H,9-10,13H2,1-8H3/t17-/m1/s1. The second kappa shape index (κ2) is 9.88. The lowest BCUT2D eigenvalue weighted by molar-refractivity contribution is -0.385. The zero-order valence-corrected chi connectivity index (χ0v) is 20.3. The molecule has 1 aromatic heterocycles. The molecule has 0 aliphatic heterocycles. The molecule has 0 amide bonds. The van der Waals surface area contributed by atoms with Gasteiger partial charge in [0.2, 0.25) is 0 Å². The van der Waals surface area contributed by atoms with Crippen LogP contribution in [0.2, 0.25) is 0 Å². The largest absolute Gasteiger partial charge is 0.367 e. The van der Waals surface area contributed by atoms with Crippen LogP contribution in [-0.2, 0) is 11.3 Å².